The summed E-state index contributed by atoms with van der Waals surface area (Å²) in [6, 6.07) is 4.03. The van der Waals surface area contributed by atoms with Gasteiger partial charge in [-0.15, -0.1) is 0 Å². The van der Waals surface area contributed by atoms with Crippen LogP contribution in [0.1, 0.15) is 5.56 Å². The average molecular weight is 225 g/mol. The third-order valence-electron chi connectivity index (χ3n) is 2.65. The van der Waals surface area contributed by atoms with Crippen LogP contribution >= 0.6 is 0 Å². The maximum atomic E-state index is 5.78. The predicted octanol–water partition coefficient (Wildman–Crippen LogP) is 1.91. The highest BCUT2D eigenvalue weighted by atomic mass is 15.2. The van der Waals surface area contributed by atoms with E-state index in [1.807, 2.05) is 25.4 Å². The van der Waals surface area contributed by atoms with E-state index >= 15 is 0 Å². The van der Waals surface area contributed by atoms with E-state index in [9.17, 15) is 0 Å². The fourth-order valence-electron chi connectivity index (χ4n) is 1.79. The molecule has 0 aromatic carbocycles. The number of nitrogens with zero attached hydrogens (tertiary/aromatic N) is 3. The summed E-state index contributed by atoms with van der Waals surface area (Å²) < 4.78 is 0. The lowest BCUT2D eigenvalue weighted by atomic mass is 10.1. The van der Waals surface area contributed by atoms with Crippen molar-refractivity contribution in [2.45, 2.75) is 6.92 Å². The largest absolute Gasteiger partial charge is 0.384 e. The van der Waals surface area contributed by atoms with Crippen LogP contribution in [0.5, 0.6) is 0 Å². The van der Waals surface area contributed by atoms with Gasteiger partial charge in [0.25, 0.3) is 0 Å². The Kier molecular flexibility index (Phi) is 2.04. The van der Waals surface area contributed by atoms with Gasteiger partial charge in [-0.05, 0) is 24.6 Å². The van der Waals surface area contributed by atoms with Crippen molar-refractivity contribution < 1.29 is 0 Å². The molecule has 3 aromatic heterocycles. The zero-order chi connectivity index (χ0) is 11.8. The number of pyridine rings is 2. The van der Waals surface area contributed by atoms with E-state index in [0.29, 0.717) is 11.5 Å². The molecule has 0 unspecified atom stereocenters. The first-order valence-corrected chi connectivity index (χ1v) is 5.25. The number of nitrogens with two attached hydrogens (primary N) is 1. The number of nitrogen functional groups attached to an aromatic ring is 1. The topological polar surface area (TPSA) is 80.5 Å². The predicted molar refractivity (Wildman–Crippen MR) is 66.3 cm³/mol. The van der Waals surface area contributed by atoms with Gasteiger partial charge in [0.05, 0.1) is 5.39 Å². The average Bonchev–Trinajstić information content (AvgIpc) is 2.71. The van der Waals surface area contributed by atoms with Crippen molar-refractivity contribution in [3.63, 3.8) is 0 Å². The Morgan fingerprint density at radius 1 is 1.12 bits per heavy atom. The second-order valence-electron chi connectivity index (χ2n) is 3.98. The van der Waals surface area contributed by atoms with Crippen molar-refractivity contribution in [2.75, 3.05) is 5.73 Å². The van der Waals surface area contributed by atoms with Crippen LogP contribution < -0.4 is 5.73 Å². The number of aromatic amines is 1. The fraction of sp³-hybridized carbons (Fsp3) is 0.0833. The molecule has 0 aliphatic carbocycles. The number of anilines is 1. The van der Waals surface area contributed by atoms with Crippen LogP contribution in [0.3, 0.4) is 0 Å². The number of hydrogen-bond acceptors (Lipinski definition) is 4. The quantitative estimate of drug-likeness (QED) is 0.663. The first-order valence-electron chi connectivity index (χ1n) is 5.25. The Balaban J connectivity index is 2.20. The lowest BCUT2D eigenvalue weighted by Gasteiger charge is -2.01. The number of aromatic nitrogens is 4. The smallest absolute Gasteiger partial charge is 0.183 e. The van der Waals surface area contributed by atoms with E-state index in [0.717, 1.165) is 22.1 Å². The van der Waals surface area contributed by atoms with Gasteiger partial charge < -0.3 is 5.73 Å². The number of hydrogen-bond donors (Lipinski definition) is 2. The summed E-state index contributed by atoms with van der Waals surface area (Å²) in [6.45, 7) is 2.01. The van der Waals surface area contributed by atoms with Crippen LogP contribution in [0.4, 0.5) is 5.82 Å². The van der Waals surface area contributed by atoms with Crippen molar-refractivity contribution in [3.8, 4) is 11.1 Å². The van der Waals surface area contributed by atoms with E-state index in [2.05, 4.69) is 26.2 Å². The minimum Gasteiger partial charge on any atom is -0.384 e. The van der Waals surface area contributed by atoms with Crippen LogP contribution in [0.15, 0.2) is 30.7 Å². The molecular formula is C12H11N5. The molecule has 3 aromatic rings. The highest BCUT2D eigenvalue weighted by Gasteiger charge is 2.06. The molecule has 0 saturated carbocycles. The van der Waals surface area contributed by atoms with Gasteiger partial charge in [-0.1, -0.05) is 0 Å². The molecule has 5 nitrogen and oxygen atoms in total. The molecule has 0 saturated heterocycles. The maximum Gasteiger partial charge on any atom is 0.183 e. The first kappa shape index (κ1) is 9.77. The van der Waals surface area contributed by atoms with Crippen molar-refractivity contribution in [2.24, 2.45) is 0 Å². The summed E-state index contributed by atoms with van der Waals surface area (Å²) >= 11 is 0. The van der Waals surface area contributed by atoms with E-state index in [-0.39, 0.29) is 0 Å². The molecule has 0 fully saturated rings. The van der Waals surface area contributed by atoms with Gasteiger partial charge in [0.1, 0.15) is 5.82 Å². The number of nitrogens with one attached hydrogen (secondary N) is 1. The fourth-order valence-corrected chi connectivity index (χ4v) is 1.79. The van der Waals surface area contributed by atoms with Gasteiger partial charge >= 0.3 is 0 Å². The Labute approximate surface area is 97.7 Å². The molecule has 0 bridgehead atoms. The molecule has 3 N–H and O–H groups in total. The second-order valence-corrected chi connectivity index (χ2v) is 3.98. The monoisotopic (exact) mass is 225 g/mol. The minimum absolute atomic E-state index is 0.537. The van der Waals surface area contributed by atoms with E-state index in [1.165, 1.54) is 0 Å². The van der Waals surface area contributed by atoms with Crippen molar-refractivity contribution in [1.29, 1.82) is 0 Å². The third-order valence-corrected chi connectivity index (χ3v) is 2.65. The van der Waals surface area contributed by atoms with E-state index in [4.69, 9.17) is 5.73 Å². The standard InChI is InChI=1S/C12H11N5/c1-7-2-8(5-14-4-7)9-3-10-11(13)16-17-12(10)15-6-9/h2-6H,1H3,(H3,13,15,16,17). The molecule has 3 rings (SSSR count). The maximum absolute atomic E-state index is 5.78. The molecule has 0 spiro atoms. The number of rotatable bonds is 1. The van der Waals surface area contributed by atoms with Crippen LogP contribution in [0, 0.1) is 6.92 Å². The lowest BCUT2D eigenvalue weighted by molar-refractivity contribution is 1.10. The molecule has 3 heterocycles. The van der Waals surface area contributed by atoms with Gasteiger partial charge in [0.15, 0.2) is 5.65 Å². The van der Waals surface area contributed by atoms with Crippen LogP contribution in [-0.4, -0.2) is 20.2 Å². The Bertz CT molecular complexity index is 686. The van der Waals surface area contributed by atoms with Gasteiger partial charge in [0.2, 0.25) is 0 Å². The Morgan fingerprint density at radius 3 is 2.76 bits per heavy atom. The normalized spacial score (nSPS) is 10.9. The molecule has 5 heteroatoms. The van der Waals surface area contributed by atoms with Gasteiger partial charge in [-0.25, -0.2) is 4.98 Å². The van der Waals surface area contributed by atoms with Crippen molar-refractivity contribution >= 4 is 16.9 Å². The summed E-state index contributed by atoms with van der Waals surface area (Å²) in [7, 11) is 0. The number of aryl methyl sites for hydroxylation is 1. The van der Waals surface area contributed by atoms with Crippen molar-refractivity contribution in [3.05, 3.63) is 36.3 Å². The highest BCUT2D eigenvalue weighted by Crippen LogP contribution is 2.24. The molecule has 0 aliphatic heterocycles. The first-order chi connectivity index (χ1) is 8.24. The summed E-state index contributed by atoms with van der Waals surface area (Å²) in [4.78, 5) is 8.43. The molecule has 17 heavy (non-hydrogen) atoms. The minimum atomic E-state index is 0.537. The van der Waals surface area contributed by atoms with Gasteiger partial charge in [-0.2, -0.15) is 5.10 Å². The molecular weight excluding hydrogens is 214 g/mol. The SMILES string of the molecule is Cc1cncc(-c2cnc3n[nH]c(N)c3c2)c1. The Morgan fingerprint density at radius 2 is 1.94 bits per heavy atom. The molecule has 84 valence electrons. The zero-order valence-corrected chi connectivity index (χ0v) is 9.31. The van der Waals surface area contributed by atoms with Crippen LogP contribution in [0.25, 0.3) is 22.2 Å². The molecule has 0 aliphatic rings. The summed E-state index contributed by atoms with van der Waals surface area (Å²) in [6.07, 6.45) is 5.41. The van der Waals surface area contributed by atoms with Crippen molar-refractivity contribution in [1.82, 2.24) is 20.2 Å². The Hall–Kier alpha value is -2.43. The highest BCUT2D eigenvalue weighted by molar-refractivity contribution is 5.89. The zero-order valence-electron chi connectivity index (χ0n) is 9.31. The summed E-state index contributed by atoms with van der Waals surface area (Å²) in [5, 5.41) is 7.55. The second kappa shape index (κ2) is 3.55. The van der Waals surface area contributed by atoms with Crippen LogP contribution in [-0.2, 0) is 0 Å². The molecule has 0 radical (unpaired) electrons. The van der Waals surface area contributed by atoms with Crippen LogP contribution in [0.2, 0.25) is 0 Å². The summed E-state index contributed by atoms with van der Waals surface area (Å²) in [5.41, 5.74) is 9.54. The number of fused-ring (bicyclic) bond motifs is 1. The number of H-pyrrole nitrogens is 1. The molecule has 0 atom stereocenters. The van der Waals surface area contributed by atoms with E-state index < -0.39 is 0 Å². The van der Waals surface area contributed by atoms with Gasteiger partial charge in [0, 0.05) is 29.7 Å². The molecule has 0 amide bonds. The lowest BCUT2D eigenvalue weighted by Crippen LogP contribution is -1.86. The van der Waals surface area contributed by atoms with Gasteiger partial charge in [-0.3, -0.25) is 10.1 Å². The summed E-state index contributed by atoms with van der Waals surface area (Å²) in [5.74, 6) is 0.537. The third kappa shape index (κ3) is 1.61. The van der Waals surface area contributed by atoms with E-state index in [1.54, 1.807) is 6.20 Å².